The van der Waals surface area contributed by atoms with E-state index in [4.69, 9.17) is 0 Å². The fourth-order valence-electron chi connectivity index (χ4n) is 3.11. The summed E-state index contributed by atoms with van der Waals surface area (Å²) in [5.74, 6) is 0.686. The zero-order chi connectivity index (χ0) is 13.0. The molecule has 0 bridgehead atoms. The van der Waals surface area contributed by atoms with Gasteiger partial charge < -0.3 is 10.2 Å². The Kier molecular flexibility index (Phi) is 7.55. The lowest BCUT2D eigenvalue weighted by Crippen LogP contribution is -2.45. The fourth-order valence-corrected chi connectivity index (χ4v) is 3.84. The topological polar surface area (TPSA) is 32.3 Å². The molecule has 0 aliphatic carbocycles. The Labute approximate surface area is 127 Å². The molecule has 0 aromatic rings. The Morgan fingerprint density at radius 2 is 2.11 bits per heavy atom. The number of amides is 1. The first-order chi connectivity index (χ1) is 8.70. The van der Waals surface area contributed by atoms with Crippen molar-refractivity contribution in [3.63, 3.8) is 0 Å². The molecule has 1 unspecified atom stereocenters. The summed E-state index contributed by atoms with van der Waals surface area (Å²) in [6, 6.07) is 0.496. The van der Waals surface area contributed by atoms with Crippen molar-refractivity contribution in [3.05, 3.63) is 0 Å². The van der Waals surface area contributed by atoms with Crippen LogP contribution >= 0.6 is 24.2 Å². The minimum absolute atomic E-state index is 0. The quantitative estimate of drug-likeness (QED) is 0.851. The number of nitrogens with zero attached hydrogens (tertiary/aromatic N) is 1. The van der Waals surface area contributed by atoms with Crippen LogP contribution in [0.15, 0.2) is 0 Å². The zero-order valence-electron chi connectivity index (χ0n) is 12.1. The molecule has 0 spiro atoms. The molecule has 3 atom stereocenters. The predicted molar refractivity (Wildman–Crippen MR) is 85.2 cm³/mol. The van der Waals surface area contributed by atoms with Crippen molar-refractivity contribution in [1.29, 1.82) is 0 Å². The van der Waals surface area contributed by atoms with Gasteiger partial charge in [-0.05, 0) is 45.4 Å². The van der Waals surface area contributed by atoms with Crippen LogP contribution in [0.1, 0.15) is 39.0 Å². The molecule has 112 valence electrons. The average Bonchev–Trinajstić information content (AvgIpc) is 2.63. The lowest BCUT2D eigenvalue weighted by molar-refractivity contribution is -0.136. The molecule has 2 fully saturated rings. The van der Waals surface area contributed by atoms with Crippen LogP contribution < -0.4 is 5.32 Å². The Bertz CT molecular complexity index is 291. The number of nitrogens with one attached hydrogen (secondary N) is 1. The maximum atomic E-state index is 12.6. The van der Waals surface area contributed by atoms with E-state index < -0.39 is 0 Å². The summed E-state index contributed by atoms with van der Waals surface area (Å²) in [7, 11) is 0. The zero-order valence-corrected chi connectivity index (χ0v) is 13.7. The third-order valence-electron chi connectivity index (χ3n) is 4.25. The van der Waals surface area contributed by atoms with Gasteiger partial charge in [-0.2, -0.15) is 11.8 Å². The maximum absolute atomic E-state index is 12.6. The fraction of sp³-hybridized carbons (Fsp3) is 0.929. The SMILES string of the molecule is CSC1CCCCN(C(=O)[C@H]2CCN[C@@H](C)C2)C1.Cl. The molecule has 2 aliphatic rings. The molecular weight excluding hydrogens is 280 g/mol. The van der Waals surface area contributed by atoms with Crippen LogP contribution in [0.5, 0.6) is 0 Å². The Morgan fingerprint density at radius 1 is 1.32 bits per heavy atom. The summed E-state index contributed by atoms with van der Waals surface area (Å²) >= 11 is 1.92. The Hall–Kier alpha value is 0.0700. The van der Waals surface area contributed by atoms with Crippen molar-refractivity contribution in [1.82, 2.24) is 10.2 Å². The number of piperidine rings is 1. The van der Waals surface area contributed by atoms with Gasteiger partial charge in [0.25, 0.3) is 0 Å². The molecule has 0 aromatic heterocycles. The lowest BCUT2D eigenvalue weighted by atomic mass is 9.92. The smallest absolute Gasteiger partial charge is 0.225 e. The number of likely N-dealkylation sites (tertiary alicyclic amines) is 1. The van der Waals surface area contributed by atoms with Crippen molar-refractivity contribution in [2.45, 2.75) is 50.3 Å². The third kappa shape index (κ3) is 4.83. The van der Waals surface area contributed by atoms with E-state index >= 15 is 0 Å². The molecule has 0 radical (unpaired) electrons. The molecule has 1 amide bonds. The third-order valence-corrected chi connectivity index (χ3v) is 5.30. The van der Waals surface area contributed by atoms with Gasteiger partial charge in [0.1, 0.15) is 0 Å². The van der Waals surface area contributed by atoms with Crippen molar-refractivity contribution in [2.75, 3.05) is 25.9 Å². The van der Waals surface area contributed by atoms with E-state index in [-0.39, 0.29) is 18.3 Å². The number of halogens is 1. The highest BCUT2D eigenvalue weighted by Gasteiger charge is 2.30. The summed E-state index contributed by atoms with van der Waals surface area (Å²) in [5.41, 5.74) is 0. The standard InChI is InChI=1S/C14H26N2OS.ClH/c1-11-9-12(6-7-15-11)14(17)16-8-4-3-5-13(10-16)18-2;/h11-13,15H,3-10H2,1-2H3;1H/t11-,12-,13?;/m0./s1. The van der Waals surface area contributed by atoms with Gasteiger partial charge in [0, 0.05) is 30.3 Å². The maximum Gasteiger partial charge on any atom is 0.225 e. The first-order valence-corrected chi connectivity index (χ1v) is 8.54. The van der Waals surface area contributed by atoms with E-state index in [1.807, 2.05) is 11.8 Å². The molecule has 19 heavy (non-hydrogen) atoms. The Morgan fingerprint density at radius 3 is 2.79 bits per heavy atom. The molecule has 0 saturated carbocycles. The van der Waals surface area contributed by atoms with Gasteiger partial charge in [-0.15, -0.1) is 12.4 Å². The minimum atomic E-state index is 0. The van der Waals surface area contributed by atoms with Crippen LogP contribution in [0.4, 0.5) is 0 Å². The first kappa shape index (κ1) is 17.1. The van der Waals surface area contributed by atoms with Gasteiger partial charge >= 0.3 is 0 Å². The second kappa shape index (κ2) is 8.38. The van der Waals surface area contributed by atoms with Crippen molar-refractivity contribution in [3.8, 4) is 0 Å². The van der Waals surface area contributed by atoms with Gasteiger partial charge in [-0.25, -0.2) is 0 Å². The van der Waals surface area contributed by atoms with Crippen molar-refractivity contribution in [2.24, 2.45) is 5.92 Å². The normalized spacial score (nSPS) is 32.3. The van der Waals surface area contributed by atoms with Gasteiger partial charge in [-0.3, -0.25) is 4.79 Å². The van der Waals surface area contributed by atoms with Crippen LogP contribution in [0.25, 0.3) is 0 Å². The summed E-state index contributed by atoms with van der Waals surface area (Å²) in [4.78, 5) is 14.8. The monoisotopic (exact) mass is 306 g/mol. The number of carbonyl (C=O) groups excluding carboxylic acids is 1. The predicted octanol–water partition coefficient (Wildman–Crippen LogP) is 2.54. The van der Waals surface area contributed by atoms with Gasteiger partial charge in [0.05, 0.1) is 0 Å². The van der Waals surface area contributed by atoms with E-state index in [0.717, 1.165) is 32.5 Å². The Balaban J connectivity index is 0.00000180. The summed E-state index contributed by atoms with van der Waals surface area (Å²) in [6.45, 7) is 5.14. The molecule has 2 rings (SSSR count). The van der Waals surface area contributed by atoms with Crippen molar-refractivity contribution < 1.29 is 4.79 Å². The molecule has 2 aliphatic heterocycles. The van der Waals surface area contributed by atoms with Crippen LogP contribution in [0, 0.1) is 5.92 Å². The number of hydrogen-bond acceptors (Lipinski definition) is 3. The molecule has 0 aromatic carbocycles. The van der Waals surface area contributed by atoms with Gasteiger partial charge in [0.15, 0.2) is 0 Å². The summed E-state index contributed by atoms with van der Waals surface area (Å²) in [5, 5.41) is 4.08. The molecular formula is C14H27ClN2OS. The van der Waals surface area contributed by atoms with Crippen LogP contribution in [-0.2, 0) is 4.79 Å². The van der Waals surface area contributed by atoms with Crippen molar-refractivity contribution >= 4 is 30.1 Å². The number of thioether (sulfide) groups is 1. The van der Waals surface area contributed by atoms with Gasteiger partial charge in [-0.1, -0.05) is 6.42 Å². The van der Waals surface area contributed by atoms with Gasteiger partial charge in [0.2, 0.25) is 5.91 Å². The van der Waals surface area contributed by atoms with E-state index in [1.165, 1.54) is 19.3 Å². The van der Waals surface area contributed by atoms with Crippen LogP contribution in [-0.4, -0.2) is 48.0 Å². The highest BCUT2D eigenvalue weighted by molar-refractivity contribution is 7.99. The first-order valence-electron chi connectivity index (χ1n) is 7.25. The van der Waals surface area contributed by atoms with E-state index in [2.05, 4.69) is 23.4 Å². The van der Waals surface area contributed by atoms with E-state index in [9.17, 15) is 4.79 Å². The molecule has 3 nitrogen and oxygen atoms in total. The molecule has 2 heterocycles. The molecule has 2 saturated heterocycles. The average molecular weight is 307 g/mol. The second-order valence-corrected chi connectivity index (χ2v) is 6.85. The number of hydrogen-bond donors (Lipinski definition) is 1. The summed E-state index contributed by atoms with van der Waals surface area (Å²) < 4.78 is 0. The molecule has 1 N–H and O–H groups in total. The highest BCUT2D eigenvalue weighted by Crippen LogP contribution is 2.24. The molecule has 5 heteroatoms. The number of rotatable bonds is 2. The minimum Gasteiger partial charge on any atom is -0.341 e. The lowest BCUT2D eigenvalue weighted by Gasteiger charge is -2.32. The van der Waals surface area contributed by atoms with E-state index in [0.29, 0.717) is 17.2 Å². The van der Waals surface area contributed by atoms with Crippen LogP contribution in [0.2, 0.25) is 0 Å². The van der Waals surface area contributed by atoms with Crippen LogP contribution in [0.3, 0.4) is 0 Å². The number of carbonyl (C=O) groups is 1. The largest absolute Gasteiger partial charge is 0.341 e. The summed E-state index contributed by atoms with van der Waals surface area (Å²) in [6.07, 6.45) is 7.93. The highest BCUT2D eigenvalue weighted by atomic mass is 35.5. The van der Waals surface area contributed by atoms with E-state index in [1.54, 1.807) is 0 Å². The second-order valence-electron chi connectivity index (χ2n) is 5.71.